The number of hydrogen-bond donors (Lipinski definition) is 1. The van der Waals surface area contributed by atoms with Crippen molar-refractivity contribution in [2.45, 2.75) is 25.5 Å². The van der Waals surface area contributed by atoms with Gasteiger partial charge in [0.25, 0.3) is 0 Å². The van der Waals surface area contributed by atoms with Crippen molar-refractivity contribution in [1.29, 1.82) is 0 Å². The van der Waals surface area contributed by atoms with Crippen LogP contribution in [0, 0.1) is 0 Å². The number of carbonyl (C=O) groups excluding carboxylic acids is 1. The van der Waals surface area contributed by atoms with Gasteiger partial charge in [-0.25, -0.2) is 0 Å². The SMILES string of the molecule is O=C(/C=C/c1cc(Br)ccc1OC(F)F)NC1CC1. The third kappa shape index (κ3) is 4.63. The Morgan fingerprint density at radius 1 is 1.47 bits per heavy atom. The highest BCUT2D eigenvalue weighted by atomic mass is 79.9. The van der Waals surface area contributed by atoms with E-state index < -0.39 is 6.61 Å². The summed E-state index contributed by atoms with van der Waals surface area (Å²) < 4.78 is 29.6. The van der Waals surface area contributed by atoms with Gasteiger partial charge in [0, 0.05) is 22.2 Å². The molecule has 1 aliphatic rings. The van der Waals surface area contributed by atoms with E-state index in [1.807, 2.05) is 0 Å². The van der Waals surface area contributed by atoms with E-state index in [4.69, 9.17) is 0 Å². The Labute approximate surface area is 117 Å². The molecule has 0 heterocycles. The van der Waals surface area contributed by atoms with Crippen molar-refractivity contribution in [3.8, 4) is 5.75 Å². The van der Waals surface area contributed by atoms with Gasteiger partial charge in [-0.3, -0.25) is 4.79 Å². The molecule has 1 amide bonds. The van der Waals surface area contributed by atoms with Crippen molar-refractivity contribution >= 4 is 27.9 Å². The van der Waals surface area contributed by atoms with Gasteiger partial charge in [-0.2, -0.15) is 8.78 Å². The van der Waals surface area contributed by atoms with Crippen LogP contribution in [0.4, 0.5) is 8.78 Å². The van der Waals surface area contributed by atoms with E-state index in [0.717, 1.165) is 17.3 Å². The van der Waals surface area contributed by atoms with Gasteiger partial charge in [0.15, 0.2) is 0 Å². The lowest BCUT2D eigenvalue weighted by molar-refractivity contribution is -0.116. The lowest BCUT2D eigenvalue weighted by Gasteiger charge is -2.08. The maximum Gasteiger partial charge on any atom is 0.387 e. The van der Waals surface area contributed by atoms with Crippen LogP contribution < -0.4 is 10.1 Å². The van der Waals surface area contributed by atoms with Crippen molar-refractivity contribution in [2.24, 2.45) is 0 Å². The molecule has 1 aromatic rings. The summed E-state index contributed by atoms with van der Waals surface area (Å²) in [5.41, 5.74) is 0.417. The van der Waals surface area contributed by atoms with Gasteiger partial charge >= 0.3 is 6.61 Å². The van der Waals surface area contributed by atoms with Crippen LogP contribution in [0.25, 0.3) is 6.08 Å². The number of ether oxygens (including phenoxy) is 1. The van der Waals surface area contributed by atoms with E-state index >= 15 is 0 Å². The molecule has 0 atom stereocenters. The first-order valence-electron chi connectivity index (χ1n) is 5.77. The molecule has 0 saturated heterocycles. The third-order valence-electron chi connectivity index (χ3n) is 2.53. The maximum absolute atomic E-state index is 12.2. The quantitative estimate of drug-likeness (QED) is 0.840. The minimum Gasteiger partial charge on any atom is -0.434 e. The minimum absolute atomic E-state index is 0.0358. The fourth-order valence-corrected chi connectivity index (χ4v) is 1.87. The first-order valence-corrected chi connectivity index (χ1v) is 6.57. The fourth-order valence-electron chi connectivity index (χ4n) is 1.50. The van der Waals surface area contributed by atoms with Gasteiger partial charge in [-0.1, -0.05) is 15.9 Å². The molecule has 0 spiro atoms. The molecule has 1 fully saturated rings. The Morgan fingerprint density at radius 2 is 2.21 bits per heavy atom. The summed E-state index contributed by atoms with van der Waals surface area (Å²) in [6.07, 6.45) is 4.77. The van der Waals surface area contributed by atoms with E-state index in [-0.39, 0.29) is 17.7 Å². The monoisotopic (exact) mass is 331 g/mol. The smallest absolute Gasteiger partial charge is 0.387 e. The van der Waals surface area contributed by atoms with E-state index in [2.05, 4.69) is 26.0 Å². The Bertz CT molecular complexity index is 501. The number of benzene rings is 1. The van der Waals surface area contributed by atoms with Gasteiger partial charge in [-0.15, -0.1) is 0 Å². The zero-order valence-corrected chi connectivity index (χ0v) is 11.5. The summed E-state index contributed by atoms with van der Waals surface area (Å²) in [7, 11) is 0. The number of amides is 1. The van der Waals surface area contributed by atoms with E-state index in [0.29, 0.717) is 5.56 Å². The lowest BCUT2D eigenvalue weighted by Crippen LogP contribution is -2.22. The van der Waals surface area contributed by atoms with Crippen molar-refractivity contribution in [3.63, 3.8) is 0 Å². The van der Waals surface area contributed by atoms with Crippen molar-refractivity contribution in [2.75, 3.05) is 0 Å². The first-order chi connectivity index (χ1) is 9.04. The van der Waals surface area contributed by atoms with Crippen LogP contribution in [0.2, 0.25) is 0 Å². The summed E-state index contributed by atoms with van der Waals surface area (Å²) in [5.74, 6) is -0.195. The zero-order chi connectivity index (χ0) is 13.8. The van der Waals surface area contributed by atoms with Gasteiger partial charge < -0.3 is 10.1 Å². The topological polar surface area (TPSA) is 38.3 Å². The van der Waals surface area contributed by atoms with E-state index in [9.17, 15) is 13.6 Å². The summed E-state index contributed by atoms with van der Waals surface area (Å²) in [6, 6.07) is 4.89. The van der Waals surface area contributed by atoms with Crippen molar-refractivity contribution in [1.82, 2.24) is 5.32 Å². The molecule has 6 heteroatoms. The third-order valence-corrected chi connectivity index (χ3v) is 3.02. The first kappa shape index (κ1) is 14.0. The molecular formula is C13H12BrF2NO2. The average molecular weight is 332 g/mol. The van der Waals surface area contributed by atoms with Crippen LogP contribution in [0.1, 0.15) is 18.4 Å². The number of alkyl halides is 2. The Hall–Kier alpha value is -1.43. The summed E-state index contributed by atoms with van der Waals surface area (Å²) >= 11 is 3.24. The predicted molar refractivity (Wildman–Crippen MR) is 71.0 cm³/mol. The van der Waals surface area contributed by atoms with Crippen LogP contribution in [0.5, 0.6) is 5.75 Å². The van der Waals surface area contributed by atoms with Crippen LogP contribution in [-0.4, -0.2) is 18.6 Å². The van der Waals surface area contributed by atoms with E-state index in [1.165, 1.54) is 18.2 Å². The van der Waals surface area contributed by atoms with Gasteiger partial charge in [0.05, 0.1) is 0 Å². The molecule has 1 aromatic carbocycles. The highest BCUT2D eigenvalue weighted by Gasteiger charge is 2.22. The molecule has 0 bridgehead atoms. The highest BCUT2D eigenvalue weighted by Crippen LogP contribution is 2.26. The summed E-state index contributed by atoms with van der Waals surface area (Å²) in [5, 5.41) is 2.77. The Balaban J connectivity index is 2.09. The number of nitrogens with one attached hydrogen (secondary N) is 1. The molecular weight excluding hydrogens is 320 g/mol. The molecule has 1 N–H and O–H groups in total. The molecule has 0 radical (unpaired) electrons. The second kappa shape index (κ2) is 6.14. The molecule has 19 heavy (non-hydrogen) atoms. The Kier molecular flexibility index (Phi) is 4.52. The molecule has 2 rings (SSSR count). The fraction of sp³-hybridized carbons (Fsp3) is 0.308. The molecule has 102 valence electrons. The molecule has 0 unspecified atom stereocenters. The molecule has 0 aliphatic heterocycles. The van der Waals surface area contributed by atoms with Crippen LogP contribution in [-0.2, 0) is 4.79 Å². The predicted octanol–water partition coefficient (Wildman–Crippen LogP) is 3.34. The van der Waals surface area contributed by atoms with E-state index in [1.54, 1.807) is 12.1 Å². The summed E-state index contributed by atoms with van der Waals surface area (Å²) in [6.45, 7) is -2.89. The number of halogens is 3. The normalized spacial score (nSPS) is 14.9. The van der Waals surface area contributed by atoms with Crippen molar-refractivity contribution in [3.05, 3.63) is 34.3 Å². The van der Waals surface area contributed by atoms with Gasteiger partial charge in [-0.05, 0) is 37.1 Å². The van der Waals surface area contributed by atoms with Crippen LogP contribution in [0.3, 0.4) is 0 Å². The lowest BCUT2D eigenvalue weighted by atomic mass is 10.2. The largest absolute Gasteiger partial charge is 0.434 e. The number of hydrogen-bond acceptors (Lipinski definition) is 2. The van der Waals surface area contributed by atoms with Gasteiger partial charge in [0.1, 0.15) is 5.75 Å². The highest BCUT2D eigenvalue weighted by molar-refractivity contribution is 9.10. The average Bonchev–Trinajstić information content (AvgIpc) is 3.13. The molecule has 3 nitrogen and oxygen atoms in total. The van der Waals surface area contributed by atoms with Crippen LogP contribution in [0.15, 0.2) is 28.7 Å². The van der Waals surface area contributed by atoms with Crippen molar-refractivity contribution < 1.29 is 18.3 Å². The van der Waals surface area contributed by atoms with Crippen LogP contribution >= 0.6 is 15.9 Å². The second-order valence-electron chi connectivity index (χ2n) is 4.18. The number of rotatable bonds is 5. The van der Waals surface area contributed by atoms with Gasteiger partial charge in [0.2, 0.25) is 5.91 Å². The standard InChI is InChI=1S/C13H12BrF2NO2/c14-9-2-5-11(19-13(15)16)8(7-9)1-6-12(18)17-10-3-4-10/h1-2,5-7,10,13H,3-4H2,(H,17,18)/b6-1+. The zero-order valence-electron chi connectivity index (χ0n) is 9.91. The summed E-state index contributed by atoms with van der Waals surface area (Å²) in [4.78, 5) is 11.5. The maximum atomic E-state index is 12.2. The minimum atomic E-state index is -2.89. The Morgan fingerprint density at radius 3 is 2.84 bits per heavy atom. The molecule has 1 aliphatic carbocycles. The molecule has 0 aromatic heterocycles. The number of carbonyl (C=O) groups is 1. The molecule has 1 saturated carbocycles. The second-order valence-corrected chi connectivity index (χ2v) is 5.09.